The highest BCUT2D eigenvalue weighted by Gasteiger charge is 2.45. The molecule has 1 aromatic heterocycles. The van der Waals surface area contributed by atoms with Gasteiger partial charge in [0.2, 0.25) is 0 Å². The fourth-order valence-electron chi connectivity index (χ4n) is 2.68. The Morgan fingerprint density at radius 3 is 2.55 bits per heavy atom. The van der Waals surface area contributed by atoms with Gasteiger partial charge >= 0.3 is 0 Å². The maximum atomic E-state index is 13.4. The summed E-state index contributed by atoms with van der Waals surface area (Å²) < 4.78 is 13.4. The largest absolute Gasteiger partial charge is 0.388 e. The highest BCUT2D eigenvalue weighted by Crippen LogP contribution is 2.50. The molecular formula is C17H17FN2O2. The maximum absolute atomic E-state index is 13.4. The van der Waals surface area contributed by atoms with E-state index in [0.29, 0.717) is 23.4 Å². The van der Waals surface area contributed by atoms with E-state index in [1.54, 1.807) is 6.92 Å². The second-order valence-corrected chi connectivity index (χ2v) is 5.89. The Kier molecular flexibility index (Phi) is 3.74. The molecule has 0 atom stereocenters. The maximum Gasteiger partial charge on any atom is 0.191 e. The van der Waals surface area contributed by atoms with Gasteiger partial charge in [0.1, 0.15) is 18.2 Å². The lowest BCUT2D eigenvalue weighted by Gasteiger charge is -2.15. The Morgan fingerprint density at radius 1 is 1.32 bits per heavy atom. The number of carbonyl (C=O) groups excluding carboxylic acids is 1. The highest BCUT2D eigenvalue weighted by molar-refractivity contribution is 5.96. The molecule has 0 aliphatic heterocycles. The zero-order valence-electron chi connectivity index (χ0n) is 12.3. The van der Waals surface area contributed by atoms with Gasteiger partial charge in [-0.15, -0.1) is 0 Å². The summed E-state index contributed by atoms with van der Waals surface area (Å²) in [6.07, 6.45) is 5.63. The van der Waals surface area contributed by atoms with E-state index in [0.717, 1.165) is 18.4 Å². The molecule has 1 heterocycles. The minimum atomic E-state index is -0.540. The van der Waals surface area contributed by atoms with Crippen molar-refractivity contribution < 1.29 is 14.3 Å². The van der Waals surface area contributed by atoms with Crippen LogP contribution in [0.1, 0.15) is 40.2 Å². The van der Waals surface area contributed by atoms with Gasteiger partial charge in [0.15, 0.2) is 5.78 Å². The lowest BCUT2D eigenvalue weighted by molar-refractivity contribution is 0.0903. The minimum Gasteiger partial charge on any atom is -0.388 e. The van der Waals surface area contributed by atoms with E-state index in [1.807, 2.05) is 12.1 Å². The molecule has 0 saturated heterocycles. The van der Waals surface area contributed by atoms with Gasteiger partial charge in [0.05, 0.1) is 5.56 Å². The van der Waals surface area contributed by atoms with Gasteiger partial charge in [0.25, 0.3) is 0 Å². The van der Waals surface area contributed by atoms with E-state index in [1.165, 1.54) is 18.5 Å². The van der Waals surface area contributed by atoms with Crippen molar-refractivity contribution >= 4 is 5.78 Å². The van der Waals surface area contributed by atoms with Crippen LogP contribution in [0.25, 0.3) is 0 Å². The topological polar surface area (TPSA) is 63.1 Å². The SMILES string of the molecule is Cc1cc(C2(Cc3ncc(C(=O)CO)cn3)CC2)ccc1F. The summed E-state index contributed by atoms with van der Waals surface area (Å²) in [5, 5.41) is 8.82. The molecular weight excluding hydrogens is 283 g/mol. The molecule has 1 aliphatic carbocycles. The summed E-state index contributed by atoms with van der Waals surface area (Å²) in [6.45, 7) is 1.22. The first-order valence-electron chi connectivity index (χ1n) is 7.26. The monoisotopic (exact) mass is 300 g/mol. The number of nitrogens with zero attached hydrogens (tertiary/aromatic N) is 2. The van der Waals surface area contributed by atoms with E-state index in [2.05, 4.69) is 9.97 Å². The molecule has 0 bridgehead atoms. The third-order valence-corrected chi connectivity index (χ3v) is 4.29. The first-order valence-corrected chi connectivity index (χ1v) is 7.26. The zero-order chi connectivity index (χ0) is 15.7. The van der Waals surface area contributed by atoms with Crippen LogP contribution in [-0.2, 0) is 11.8 Å². The average molecular weight is 300 g/mol. The second-order valence-electron chi connectivity index (χ2n) is 5.89. The van der Waals surface area contributed by atoms with Crippen molar-refractivity contribution in [1.29, 1.82) is 0 Å². The molecule has 1 fully saturated rings. The number of halogens is 1. The number of aryl methyl sites for hydroxylation is 1. The van der Waals surface area contributed by atoms with E-state index in [9.17, 15) is 9.18 Å². The Labute approximate surface area is 128 Å². The van der Waals surface area contributed by atoms with Crippen LogP contribution in [0.2, 0.25) is 0 Å². The van der Waals surface area contributed by atoms with Crippen LogP contribution in [-0.4, -0.2) is 27.5 Å². The molecule has 1 aliphatic rings. The molecule has 4 nitrogen and oxygen atoms in total. The molecule has 0 amide bonds. The van der Waals surface area contributed by atoms with Crippen molar-refractivity contribution in [2.45, 2.75) is 31.6 Å². The van der Waals surface area contributed by atoms with Crippen LogP contribution >= 0.6 is 0 Å². The third kappa shape index (κ3) is 2.76. The van der Waals surface area contributed by atoms with E-state index < -0.39 is 6.61 Å². The third-order valence-electron chi connectivity index (χ3n) is 4.29. The van der Waals surface area contributed by atoms with Crippen molar-refractivity contribution in [2.24, 2.45) is 0 Å². The number of rotatable bonds is 5. The van der Waals surface area contributed by atoms with E-state index in [4.69, 9.17) is 5.11 Å². The van der Waals surface area contributed by atoms with Crippen molar-refractivity contribution in [3.63, 3.8) is 0 Å². The fourth-order valence-corrected chi connectivity index (χ4v) is 2.68. The highest BCUT2D eigenvalue weighted by atomic mass is 19.1. The molecule has 1 aromatic carbocycles. The lowest BCUT2D eigenvalue weighted by atomic mass is 9.91. The molecule has 0 spiro atoms. The number of aliphatic hydroxyl groups is 1. The van der Waals surface area contributed by atoms with Crippen LogP contribution in [0.15, 0.2) is 30.6 Å². The van der Waals surface area contributed by atoms with Crippen molar-refractivity contribution in [3.05, 3.63) is 58.9 Å². The Balaban J connectivity index is 1.80. The predicted molar refractivity (Wildman–Crippen MR) is 79.2 cm³/mol. The number of aromatic nitrogens is 2. The number of hydrogen-bond donors (Lipinski definition) is 1. The van der Waals surface area contributed by atoms with Crippen LogP contribution in [0.4, 0.5) is 4.39 Å². The van der Waals surface area contributed by atoms with Gasteiger partial charge in [-0.3, -0.25) is 4.79 Å². The summed E-state index contributed by atoms with van der Waals surface area (Å²) in [6, 6.07) is 5.24. The number of Topliss-reactive ketones (excluding diaryl/α,β-unsaturated/α-hetero) is 1. The fraction of sp³-hybridized carbons (Fsp3) is 0.353. The Bertz CT molecular complexity index is 709. The van der Waals surface area contributed by atoms with Crippen LogP contribution in [0.5, 0.6) is 0 Å². The number of hydrogen-bond acceptors (Lipinski definition) is 4. The van der Waals surface area contributed by atoms with Crippen LogP contribution in [0, 0.1) is 12.7 Å². The summed E-state index contributed by atoms with van der Waals surface area (Å²) in [5.74, 6) is 0.0819. The molecule has 5 heteroatoms. The van der Waals surface area contributed by atoms with Crippen molar-refractivity contribution in [1.82, 2.24) is 9.97 Å². The van der Waals surface area contributed by atoms with Gasteiger partial charge in [0, 0.05) is 24.2 Å². The number of benzene rings is 1. The van der Waals surface area contributed by atoms with Crippen molar-refractivity contribution in [3.8, 4) is 0 Å². The zero-order valence-corrected chi connectivity index (χ0v) is 12.3. The first-order chi connectivity index (χ1) is 10.5. The Hall–Kier alpha value is -2.14. The number of carbonyl (C=O) groups is 1. The molecule has 3 rings (SSSR count). The standard InChI is InChI=1S/C17H17FN2O2/c1-11-6-13(2-3-14(11)18)17(4-5-17)7-16-19-8-12(9-20-16)15(22)10-21/h2-3,6,8-9,21H,4-5,7,10H2,1H3. The van der Waals surface area contributed by atoms with Gasteiger partial charge in [-0.05, 0) is 37.0 Å². The van der Waals surface area contributed by atoms with E-state index in [-0.39, 0.29) is 17.0 Å². The molecule has 0 radical (unpaired) electrons. The van der Waals surface area contributed by atoms with Gasteiger partial charge in [-0.1, -0.05) is 12.1 Å². The molecule has 114 valence electrons. The number of aliphatic hydroxyl groups excluding tert-OH is 1. The second kappa shape index (κ2) is 5.57. The summed E-state index contributed by atoms with van der Waals surface area (Å²) in [4.78, 5) is 19.8. The van der Waals surface area contributed by atoms with Gasteiger partial charge < -0.3 is 5.11 Å². The molecule has 1 saturated carbocycles. The van der Waals surface area contributed by atoms with Crippen LogP contribution in [0.3, 0.4) is 0 Å². The van der Waals surface area contributed by atoms with Crippen molar-refractivity contribution in [2.75, 3.05) is 6.61 Å². The van der Waals surface area contributed by atoms with Crippen LogP contribution < -0.4 is 0 Å². The summed E-state index contributed by atoms with van der Waals surface area (Å²) in [7, 11) is 0. The number of ketones is 1. The molecule has 22 heavy (non-hydrogen) atoms. The van der Waals surface area contributed by atoms with Gasteiger partial charge in [-0.2, -0.15) is 0 Å². The first kappa shape index (κ1) is 14.8. The normalized spacial score (nSPS) is 15.6. The lowest BCUT2D eigenvalue weighted by Crippen LogP contribution is -2.14. The quantitative estimate of drug-likeness (QED) is 0.861. The molecule has 2 aromatic rings. The summed E-state index contributed by atoms with van der Waals surface area (Å²) in [5.41, 5.74) is 2.06. The average Bonchev–Trinajstić information content (AvgIpc) is 3.30. The smallest absolute Gasteiger partial charge is 0.191 e. The van der Waals surface area contributed by atoms with Gasteiger partial charge in [-0.25, -0.2) is 14.4 Å². The Morgan fingerprint density at radius 2 is 2.00 bits per heavy atom. The molecule has 0 unspecified atom stereocenters. The van der Waals surface area contributed by atoms with E-state index >= 15 is 0 Å². The minimum absolute atomic E-state index is 0.0129. The predicted octanol–water partition coefficient (Wildman–Crippen LogP) is 2.37. The molecule has 1 N–H and O–H groups in total. The summed E-state index contributed by atoms with van der Waals surface area (Å²) >= 11 is 0.